The van der Waals surface area contributed by atoms with Crippen molar-refractivity contribution in [1.82, 2.24) is 0 Å². The fourth-order valence-corrected chi connectivity index (χ4v) is 2.43. The number of hydrogen-bond donors (Lipinski definition) is 1. The van der Waals surface area contributed by atoms with E-state index in [0.29, 0.717) is 0 Å². The molecule has 78 valence electrons. The van der Waals surface area contributed by atoms with Gasteiger partial charge < -0.3 is 5.73 Å². The molecule has 0 aliphatic carbocycles. The van der Waals surface area contributed by atoms with Gasteiger partial charge in [-0.05, 0) is 36.8 Å². The first-order chi connectivity index (χ1) is 6.63. The van der Waals surface area contributed by atoms with Crippen molar-refractivity contribution in [2.45, 2.75) is 31.2 Å². The Morgan fingerprint density at radius 2 is 2.21 bits per heavy atom. The summed E-state index contributed by atoms with van der Waals surface area (Å²) in [5, 5.41) is 0.800. The second-order valence-electron chi connectivity index (χ2n) is 3.37. The van der Waals surface area contributed by atoms with Crippen LogP contribution in [-0.4, -0.2) is 11.8 Å². The van der Waals surface area contributed by atoms with Gasteiger partial charge in [0.1, 0.15) is 0 Å². The van der Waals surface area contributed by atoms with Crippen LogP contribution in [0.5, 0.6) is 0 Å². The summed E-state index contributed by atoms with van der Waals surface area (Å²) >= 11 is 7.76. The van der Waals surface area contributed by atoms with Crippen LogP contribution < -0.4 is 5.73 Å². The van der Waals surface area contributed by atoms with Crippen molar-refractivity contribution >= 4 is 23.4 Å². The Kier molecular flexibility index (Phi) is 4.79. The first kappa shape index (κ1) is 11.9. The van der Waals surface area contributed by atoms with Gasteiger partial charge in [-0.15, -0.1) is 11.8 Å². The molecule has 0 spiro atoms. The molecule has 0 aliphatic heterocycles. The van der Waals surface area contributed by atoms with E-state index >= 15 is 0 Å². The van der Waals surface area contributed by atoms with E-state index in [-0.39, 0.29) is 6.04 Å². The molecule has 0 saturated carbocycles. The lowest BCUT2D eigenvalue weighted by Gasteiger charge is -2.10. The van der Waals surface area contributed by atoms with Gasteiger partial charge in [0, 0.05) is 16.0 Å². The fraction of sp³-hybridized carbons (Fsp3) is 0.455. The topological polar surface area (TPSA) is 26.0 Å². The van der Waals surface area contributed by atoms with Gasteiger partial charge in [0.25, 0.3) is 0 Å². The third kappa shape index (κ3) is 3.52. The number of nitrogens with two attached hydrogens (primary N) is 1. The lowest BCUT2D eigenvalue weighted by atomic mass is 10.1. The van der Waals surface area contributed by atoms with Crippen LogP contribution in [0.2, 0.25) is 5.02 Å². The van der Waals surface area contributed by atoms with Gasteiger partial charge in [0.05, 0.1) is 0 Å². The summed E-state index contributed by atoms with van der Waals surface area (Å²) in [6.07, 6.45) is 0.916. The highest BCUT2D eigenvalue weighted by atomic mass is 35.5. The zero-order valence-electron chi connectivity index (χ0n) is 8.59. The van der Waals surface area contributed by atoms with Gasteiger partial charge in [0.15, 0.2) is 0 Å². The highest BCUT2D eigenvalue weighted by molar-refractivity contribution is 7.99. The van der Waals surface area contributed by atoms with Crippen LogP contribution in [0.1, 0.15) is 19.4 Å². The molecule has 1 aromatic rings. The van der Waals surface area contributed by atoms with E-state index < -0.39 is 0 Å². The van der Waals surface area contributed by atoms with Gasteiger partial charge in [-0.25, -0.2) is 0 Å². The summed E-state index contributed by atoms with van der Waals surface area (Å²) in [5.41, 5.74) is 7.09. The maximum atomic E-state index is 5.94. The fourth-order valence-electron chi connectivity index (χ4n) is 1.33. The van der Waals surface area contributed by atoms with E-state index in [0.717, 1.165) is 17.2 Å². The van der Waals surface area contributed by atoms with Crippen LogP contribution in [0, 0.1) is 0 Å². The normalized spacial score (nSPS) is 12.9. The Balaban J connectivity index is 2.89. The molecule has 1 nitrogen and oxygen atoms in total. The average molecular weight is 230 g/mol. The third-order valence-electron chi connectivity index (χ3n) is 1.87. The van der Waals surface area contributed by atoms with Crippen molar-refractivity contribution < 1.29 is 0 Å². The average Bonchev–Trinajstić information content (AvgIpc) is 2.09. The van der Waals surface area contributed by atoms with Crippen LogP contribution in [0.4, 0.5) is 0 Å². The summed E-state index contributed by atoms with van der Waals surface area (Å²) in [4.78, 5) is 1.26. The number of thioether (sulfide) groups is 1. The highest BCUT2D eigenvalue weighted by Crippen LogP contribution is 2.26. The van der Waals surface area contributed by atoms with Crippen LogP contribution in [0.25, 0.3) is 0 Å². The second-order valence-corrected chi connectivity index (χ2v) is 5.11. The summed E-state index contributed by atoms with van der Waals surface area (Å²) in [6.45, 7) is 4.16. The highest BCUT2D eigenvalue weighted by Gasteiger charge is 2.05. The third-order valence-corrected chi connectivity index (χ3v) is 3.09. The minimum Gasteiger partial charge on any atom is -0.328 e. The Labute approximate surface area is 95.0 Å². The van der Waals surface area contributed by atoms with Crippen molar-refractivity contribution in [2.24, 2.45) is 5.73 Å². The Morgan fingerprint density at radius 1 is 1.50 bits per heavy atom. The van der Waals surface area contributed by atoms with Crippen LogP contribution in [0.15, 0.2) is 23.1 Å². The van der Waals surface area contributed by atoms with Gasteiger partial charge in [-0.1, -0.05) is 24.6 Å². The summed E-state index contributed by atoms with van der Waals surface area (Å²) in [6, 6.07) is 6.23. The Morgan fingerprint density at radius 3 is 2.79 bits per heavy atom. The number of halogens is 1. The molecule has 14 heavy (non-hydrogen) atoms. The van der Waals surface area contributed by atoms with Crippen molar-refractivity contribution in [2.75, 3.05) is 5.75 Å². The van der Waals surface area contributed by atoms with Crippen molar-refractivity contribution in [3.63, 3.8) is 0 Å². The predicted octanol–water partition coefficient (Wildman–Crippen LogP) is 3.34. The van der Waals surface area contributed by atoms with Crippen molar-refractivity contribution in [1.29, 1.82) is 0 Å². The quantitative estimate of drug-likeness (QED) is 0.802. The first-order valence-corrected chi connectivity index (χ1v) is 6.16. The molecule has 1 aromatic carbocycles. The molecule has 0 fully saturated rings. The van der Waals surface area contributed by atoms with Gasteiger partial charge >= 0.3 is 0 Å². The van der Waals surface area contributed by atoms with E-state index in [1.807, 2.05) is 30.8 Å². The zero-order valence-corrected chi connectivity index (χ0v) is 10.2. The molecule has 0 amide bonds. The molecule has 3 heteroatoms. The molecule has 0 radical (unpaired) electrons. The molecule has 1 atom stereocenters. The number of rotatable bonds is 4. The number of hydrogen-bond acceptors (Lipinski definition) is 2. The molecular formula is C11H16ClNS. The van der Waals surface area contributed by atoms with E-state index in [2.05, 4.69) is 13.0 Å². The van der Waals surface area contributed by atoms with E-state index in [4.69, 9.17) is 17.3 Å². The van der Waals surface area contributed by atoms with E-state index in [1.54, 1.807) is 0 Å². The van der Waals surface area contributed by atoms with E-state index in [1.165, 1.54) is 10.5 Å². The largest absolute Gasteiger partial charge is 0.328 e. The Bertz CT molecular complexity index is 299. The summed E-state index contributed by atoms with van der Waals surface area (Å²) in [5.74, 6) is 1.06. The van der Waals surface area contributed by atoms with Gasteiger partial charge in [-0.3, -0.25) is 0 Å². The van der Waals surface area contributed by atoms with E-state index in [9.17, 15) is 0 Å². The predicted molar refractivity (Wildman–Crippen MR) is 65.2 cm³/mol. The maximum Gasteiger partial charge on any atom is 0.0417 e. The monoisotopic (exact) mass is 229 g/mol. The van der Waals surface area contributed by atoms with Crippen molar-refractivity contribution in [3.05, 3.63) is 28.8 Å². The summed E-state index contributed by atoms with van der Waals surface area (Å²) in [7, 11) is 0. The molecule has 0 heterocycles. The van der Waals surface area contributed by atoms with Crippen molar-refractivity contribution in [3.8, 4) is 0 Å². The smallest absolute Gasteiger partial charge is 0.0417 e. The maximum absolute atomic E-state index is 5.94. The second kappa shape index (κ2) is 5.64. The van der Waals surface area contributed by atoms with Crippen LogP contribution >= 0.6 is 23.4 Å². The summed E-state index contributed by atoms with van der Waals surface area (Å²) < 4.78 is 0. The minimum atomic E-state index is 0.201. The molecule has 0 aliphatic rings. The lowest BCUT2D eigenvalue weighted by molar-refractivity contribution is 0.729. The van der Waals surface area contributed by atoms with Gasteiger partial charge in [0.2, 0.25) is 0 Å². The molecule has 0 aromatic heterocycles. The minimum absolute atomic E-state index is 0.201. The zero-order chi connectivity index (χ0) is 10.6. The SMILES string of the molecule is CCSc1cc(Cl)ccc1CC(C)N. The molecular weight excluding hydrogens is 214 g/mol. The molecule has 1 unspecified atom stereocenters. The first-order valence-electron chi connectivity index (χ1n) is 4.80. The number of benzene rings is 1. The van der Waals surface area contributed by atoms with Crippen LogP contribution in [0.3, 0.4) is 0 Å². The van der Waals surface area contributed by atoms with Gasteiger partial charge in [-0.2, -0.15) is 0 Å². The molecule has 0 bridgehead atoms. The molecule has 2 N–H and O–H groups in total. The lowest BCUT2D eigenvalue weighted by Crippen LogP contribution is -2.18. The van der Waals surface area contributed by atoms with Crippen LogP contribution in [-0.2, 0) is 6.42 Å². The standard InChI is InChI=1S/C11H16ClNS/c1-3-14-11-7-10(12)5-4-9(11)6-8(2)13/h4-5,7-8H,3,6,13H2,1-2H3. The molecule has 0 saturated heterocycles. The molecule has 1 rings (SSSR count). The Hall–Kier alpha value is -0.180.